The number of carbonyl (C=O) groups is 1. The lowest BCUT2D eigenvalue weighted by Gasteiger charge is -2.32. The van der Waals surface area contributed by atoms with Gasteiger partial charge in [-0.15, -0.1) is 0 Å². The first-order valence-corrected chi connectivity index (χ1v) is 6.81. The van der Waals surface area contributed by atoms with E-state index in [9.17, 15) is 4.79 Å². The molecule has 0 saturated carbocycles. The Hall–Kier alpha value is -1.71. The molecule has 0 aliphatic carbocycles. The molecule has 0 N–H and O–H groups in total. The highest BCUT2D eigenvalue weighted by atomic mass is 17.2. The van der Waals surface area contributed by atoms with E-state index in [1.54, 1.807) is 12.1 Å². The van der Waals surface area contributed by atoms with E-state index >= 15 is 0 Å². The Bertz CT molecular complexity index is 538. The monoisotopic (exact) mass is 278 g/mol. The number of hydrogen-bond acceptors (Lipinski definition) is 4. The van der Waals surface area contributed by atoms with Gasteiger partial charge < -0.3 is 4.74 Å². The summed E-state index contributed by atoms with van der Waals surface area (Å²) < 4.78 is 5.65. The van der Waals surface area contributed by atoms with Crippen LogP contribution in [0.2, 0.25) is 0 Å². The lowest BCUT2D eigenvalue weighted by atomic mass is 9.83. The highest BCUT2D eigenvalue weighted by molar-refractivity contribution is 5.94. The molecule has 0 saturated heterocycles. The average Bonchev–Trinajstić information content (AvgIpc) is 2.49. The molecule has 4 nitrogen and oxygen atoms in total. The predicted octanol–water partition coefficient (Wildman–Crippen LogP) is 4.05. The fourth-order valence-corrected chi connectivity index (χ4v) is 2.74. The molecule has 0 radical (unpaired) electrons. The van der Waals surface area contributed by atoms with Crippen molar-refractivity contribution in [1.29, 1.82) is 0 Å². The summed E-state index contributed by atoms with van der Waals surface area (Å²) in [6.45, 7) is 12.1. The molecule has 2 rings (SSSR count). The van der Waals surface area contributed by atoms with Crippen LogP contribution in [0.15, 0.2) is 12.1 Å². The first-order chi connectivity index (χ1) is 9.09. The van der Waals surface area contributed by atoms with E-state index in [4.69, 9.17) is 14.5 Å². The van der Waals surface area contributed by atoms with Gasteiger partial charge in [0.1, 0.15) is 11.2 Å². The third kappa shape index (κ3) is 3.06. The Morgan fingerprint density at radius 3 is 2.40 bits per heavy atom. The van der Waals surface area contributed by atoms with Crippen molar-refractivity contribution in [1.82, 2.24) is 0 Å². The van der Waals surface area contributed by atoms with Crippen LogP contribution in [-0.4, -0.2) is 11.6 Å². The fourth-order valence-electron chi connectivity index (χ4n) is 2.74. The van der Waals surface area contributed by atoms with E-state index in [1.165, 1.54) is 0 Å². The minimum absolute atomic E-state index is 0.0833. The predicted molar refractivity (Wildman–Crippen MR) is 76.0 cm³/mol. The van der Waals surface area contributed by atoms with Gasteiger partial charge in [-0.25, -0.2) is 4.79 Å². The molecule has 4 heteroatoms. The number of ether oxygens (including phenoxy) is 1. The third-order valence-electron chi connectivity index (χ3n) is 3.12. The minimum atomic E-state index is -0.534. The second-order valence-corrected chi connectivity index (χ2v) is 7.12. The van der Waals surface area contributed by atoms with E-state index in [0.29, 0.717) is 17.1 Å². The lowest BCUT2D eigenvalue weighted by molar-refractivity contribution is -0.0858. The molecule has 1 aliphatic rings. The van der Waals surface area contributed by atoms with Crippen LogP contribution in [0.3, 0.4) is 0 Å². The number of benzene rings is 1. The minimum Gasteiger partial charge on any atom is -0.456 e. The Balaban J connectivity index is 2.16. The van der Waals surface area contributed by atoms with Gasteiger partial charge in [0.05, 0.1) is 0 Å². The quantitative estimate of drug-likeness (QED) is 0.618. The van der Waals surface area contributed by atoms with Crippen molar-refractivity contribution in [3.63, 3.8) is 0 Å². The molecule has 1 aromatic carbocycles. The maximum atomic E-state index is 12.3. The Labute approximate surface area is 120 Å². The second kappa shape index (κ2) is 4.69. The largest absolute Gasteiger partial charge is 0.456 e. The molecule has 0 aromatic heterocycles. The molecular formula is C16H22O4. The van der Waals surface area contributed by atoms with Gasteiger partial charge in [-0.3, -0.25) is 9.78 Å². The normalized spacial score (nSPS) is 13.7. The van der Waals surface area contributed by atoms with Crippen molar-refractivity contribution >= 4 is 5.97 Å². The summed E-state index contributed by atoms with van der Waals surface area (Å²) in [5.41, 5.74) is 0.785. The average molecular weight is 278 g/mol. The van der Waals surface area contributed by atoms with Crippen LogP contribution in [-0.2, 0) is 4.74 Å². The van der Waals surface area contributed by atoms with Gasteiger partial charge in [-0.1, -0.05) is 20.8 Å². The molecule has 0 amide bonds. The summed E-state index contributed by atoms with van der Waals surface area (Å²) in [5, 5.41) is 0. The molecule has 20 heavy (non-hydrogen) atoms. The highest BCUT2D eigenvalue weighted by Crippen LogP contribution is 2.38. The van der Waals surface area contributed by atoms with Gasteiger partial charge >= 0.3 is 5.97 Å². The number of fused-ring (bicyclic) bond motifs is 2. The maximum absolute atomic E-state index is 12.3. The summed E-state index contributed by atoms with van der Waals surface area (Å²) in [4.78, 5) is 22.4. The molecule has 0 unspecified atom stereocenters. The summed E-state index contributed by atoms with van der Waals surface area (Å²) in [6.07, 6.45) is 0.773. The van der Waals surface area contributed by atoms with Crippen LogP contribution in [0, 0.1) is 12.3 Å². The molecule has 110 valence electrons. The molecular weight excluding hydrogens is 256 g/mol. The van der Waals surface area contributed by atoms with Gasteiger partial charge in [0.25, 0.3) is 0 Å². The zero-order chi connectivity index (χ0) is 15.1. The van der Waals surface area contributed by atoms with Crippen LogP contribution in [0.5, 0.6) is 11.5 Å². The van der Waals surface area contributed by atoms with Crippen LogP contribution in [0.1, 0.15) is 57.0 Å². The van der Waals surface area contributed by atoms with Gasteiger partial charge in [-0.05, 0) is 44.7 Å². The van der Waals surface area contributed by atoms with Crippen LogP contribution in [0.25, 0.3) is 0 Å². The molecule has 0 fully saturated rings. The number of hydrogen-bond donors (Lipinski definition) is 0. The van der Waals surface area contributed by atoms with Crippen molar-refractivity contribution in [3.8, 4) is 11.5 Å². The first kappa shape index (κ1) is 14.7. The van der Waals surface area contributed by atoms with E-state index in [-0.39, 0.29) is 11.4 Å². The summed E-state index contributed by atoms with van der Waals surface area (Å²) in [5.74, 6) is 0.721. The number of esters is 1. The lowest BCUT2D eigenvalue weighted by Crippen LogP contribution is -2.32. The molecule has 2 bridgehead atoms. The highest BCUT2D eigenvalue weighted by Gasteiger charge is 2.32. The Morgan fingerprint density at radius 2 is 1.80 bits per heavy atom. The SMILES string of the molecule is Cc1c2ccc(C(=O)OC(C)(C)CC(C)(C)C)c1OO2. The smallest absolute Gasteiger partial charge is 0.342 e. The standard InChI is InChI=1S/C16H22O4/c1-10-12-8-7-11(13(10)20-19-12)14(17)18-16(5,6)9-15(2,3)4/h7-8H,9H2,1-6H3. The third-order valence-corrected chi connectivity index (χ3v) is 3.12. The van der Waals surface area contributed by atoms with E-state index in [2.05, 4.69) is 20.8 Å². The molecule has 1 aromatic rings. The zero-order valence-corrected chi connectivity index (χ0v) is 13.0. The van der Waals surface area contributed by atoms with Gasteiger partial charge in [0.15, 0.2) is 11.5 Å². The summed E-state index contributed by atoms with van der Waals surface area (Å²) in [7, 11) is 0. The van der Waals surface area contributed by atoms with Crippen molar-refractivity contribution in [2.24, 2.45) is 5.41 Å². The van der Waals surface area contributed by atoms with Crippen molar-refractivity contribution in [2.75, 3.05) is 0 Å². The van der Waals surface area contributed by atoms with E-state index < -0.39 is 5.60 Å². The van der Waals surface area contributed by atoms with Crippen molar-refractivity contribution < 1.29 is 19.3 Å². The van der Waals surface area contributed by atoms with Gasteiger partial charge in [0.2, 0.25) is 0 Å². The van der Waals surface area contributed by atoms with Crippen LogP contribution < -0.4 is 9.78 Å². The number of carbonyl (C=O) groups excluding carboxylic acids is 1. The van der Waals surface area contributed by atoms with E-state index in [0.717, 1.165) is 12.0 Å². The fraction of sp³-hybridized carbons (Fsp3) is 0.562. The molecule has 1 aliphatic heterocycles. The second-order valence-electron chi connectivity index (χ2n) is 7.12. The number of rotatable bonds is 3. The van der Waals surface area contributed by atoms with Crippen LogP contribution in [0.4, 0.5) is 0 Å². The van der Waals surface area contributed by atoms with Gasteiger partial charge in [-0.2, -0.15) is 0 Å². The zero-order valence-electron chi connectivity index (χ0n) is 13.0. The molecule has 0 atom stereocenters. The Morgan fingerprint density at radius 1 is 1.15 bits per heavy atom. The van der Waals surface area contributed by atoms with Crippen LogP contribution >= 0.6 is 0 Å². The topological polar surface area (TPSA) is 44.8 Å². The molecule has 0 spiro atoms. The molecule has 1 heterocycles. The maximum Gasteiger partial charge on any atom is 0.342 e. The van der Waals surface area contributed by atoms with Crippen molar-refractivity contribution in [2.45, 2.75) is 53.6 Å². The van der Waals surface area contributed by atoms with Crippen molar-refractivity contribution in [3.05, 3.63) is 23.3 Å². The Kier molecular flexibility index (Phi) is 3.44. The summed E-state index contributed by atoms with van der Waals surface area (Å²) >= 11 is 0. The first-order valence-electron chi connectivity index (χ1n) is 6.81. The van der Waals surface area contributed by atoms with Gasteiger partial charge in [0, 0.05) is 5.56 Å². The van der Waals surface area contributed by atoms with E-state index in [1.807, 2.05) is 20.8 Å². The summed E-state index contributed by atoms with van der Waals surface area (Å²) in [6, 6.07) is 3.40.